The van der Waals surface area contributed by atoms with Crippen molar-refractivity contribution in [2.24, 2.45) is 0 Å². The van der Waals surface area contributed by atoms with Crippen LogP contribution in [0.2, 0.25) is 0 Å². The first-order valence-corrected chi connectivity index (χ1v) is 8.15. The van der Waals surface area contributed by atoms with Crippen molar-refractivity contribution in [3.63, 3.8) is 0 Å². The Morgan fingerprint density at radius 3 is 2.57 bits per heavy atom. The van der Waals surface area contributed by atoms with Crippen molar-refractivity contribution in [3.05, 3.63) is 6.20 Å². The second-order valence-electron chi connectivity index (χ2n) is 4.65. The van der Waals surface area contributed by atoms with E-state index in [0.29, 0.717) is 6.54 Å². The van der Waals surface area contributed by atoms with Gasteiger partial charge in [0.25, 0.3) is 0 Å². The molecule has 9 heteroatoms. The van der Waals surface area contributed by atoms with Gasteiger partial charge in [-0.25, -0.2) is 8.42 Å². The number of anilines is 1. The van der Waals surface area contributed by atoms with E-state index in [1.807, 2.05) is 6.92 Å². The zero-order valence-corrected chi connectivity index (χ0v) is 13.8. The molecule has 0 bridgehead atoms. The molecule has 0 spiro atoms. The van der Waals surface area contributed by atoms with E-state index < -0.39 is 10.0 Å². The molecule has 8 nitrogen and oxygen atoms in total. The summed E-state index contributed by atoms with van der Waals surface area (Å²) in [5.74, 6) is 0.00360. The van der Waals surface area contributed by atoms with E-state index in [2.05, 4.69) is 5.10 Å². The predicted octanol–water partition coefficient (Wildman–Crippen LogP) is 0.157. The van der Waals surface area contributed by atoms with Gasteiger partial charge in [0.1, 0.15) is 4.90 Å². The summed E-state index contributed by atoms with van der Waals surface area (Å²) in [5, 5.41) is 3.99. The minimum absolute atomic E-state index is 0.00360. The second-order valence-corrected chi connectivity index (χ2v) is 6.51. The van der Waals surface area contributed by atoms with Crippen LogP contribution in [0.1, 0.15) is 13.8 Å². The topological polar surface area (TPSA) is 99.7 Å². The fraction of sp³-hybridized carbons (Fsp3) is 0.750. The molecule has 1 unspecified atom stereocenters. The summed E-state index contributed by atoms with van der Waals surface area (Å²) in [4.78, 5) is 0.0170. The molecule has 0 aliphatic carbocycles. The number of nitrogen functional groups attached to an aromatic ring is 1. The van der Waals surface area contributed by atoms with Gasteiger partial charge in [0.05, 0.1) is 13.2 Å². The van der Waals surface area contributed by atoms with Crippen molar-refractivity contribution in [2.75, 3.05) is 39.7 Å². The van der Waals surface area contributed by atoms with Crippen molar-refractivity contribution in [2.45, 2.75) is 31.3 Å². The van der Waals surface area contributed by atoms with Gasteiger partial charge in [0.2, 0.25) is 10.0 Å². The van der Waals surface area contributed by atoms with E-state index in [1.165, 1.54) is 29.4 Å². The lowest BCUT2D eigenvalue weighted by atomic mass is 10.3. The quantitative estimate of drug-likeness (QED) is 0.695. The molecular formula is C12H24N4O4S. The lowest BCUT2D eigenvalue weighted by Crippen LogP contribution is -2.43. The standard InChI is InChI=1S/C12H24N4O4S/c1-5-15-8-11(12(13)14-15)21(17,18)16(6-7-19-3)10(2)9-20-4/h8,10H,5-7,9H2,1-4H3,(H2,13,14). The van der Waals surface area contributed by atoms with Crippen molar-refractivity contribution < 1.29 is 17.9 Å². The molecule has 2 N–H and O–H groups in total. The van der Waals surface area contributed by atoms with E-state index in [-0.39, 0.29) is 36.5 Å². The molecule has 122 valence electrons. The maximum Gasteiger partial charge on any atom is 0.248 e. The number of methoxy groups -OCH3 is 2. The lowest BCUT2D eigenvalue weighted by Gasteiger charge is -2.27. The Morgan fingerprint density at radius 2 is 2.10 bits per heavy atom. The van der Waals surface area contributed by atoms with E-state index in [9.17, 15) is 8.42 Å². The predicted molar refractivity (Wildman–Crippen MR) is 79.4 cm³/mol. The van der Waals surface area contributed by atoms with Gasteiger partial charge in [-0.1, -0.05) is 0 Å². The van der Waals surface area contributed by atoms with Crippen LogP contribution in [0.5, 0.6) is 0 Å². The number of nitrogens with two attached hydrogens (primary N) is 1. The van der Waals surface area contributed by atoms with Crippen molar-refractivity contribution in [1.82, 2.24) is 14.1 Å². The maximum atomic E-state index is 12.8. The van der Waals surface area contributed by atoms with Crippen LogP contribution < -0.4 is 5.73 Å². The van der Waals surface area contributed by atoms with Crippen LogP contribution in [0.3, 0.4) is 0 Å². The number of ether oxygens (including phenoxy) is 2. The highest BCUT2D eigenvalue weighted by molar-refractivity contribution is 7.89. The number of hydrogen-bond donors (Lipinski definition) is 1. The van der Waals surface area contributed by atoms with E-state index >= 15 is 0 Å². The minimum atomic E-state index is -3.75. The Labute approximate surface area is 125 Å². The van der Waals surface area contributed by atoms with Crippen LogP contribution in [-0.2, 0) is 26.0 Å². The van der Waals surface area contributed by atoms with E-state index in [1.54, 1.807) is 6.92 Å². The summed E-state index contributed by atoms with van der Waals surface area (Å²) in [5.41, 5.74) is 5.74. The molecule has 1 rings (SSSR count). The summed E-state index contributed by atoms with van der Waals surface area (Å²) in [6.07, 6.45) is 1.45. The number of aryl methyl sites for hydroxylation is 1. The van der Waals surface area contributed by atoms with Crippen LogP contribution in [0.25, 0.3) is 0 Å². The summed E-state index contributed by atoms with van der Waals surface area (Å²) in [6.45, 7) is 4.97. The first-order chi connectivity index (χ1) is 9.88. The zero-order valence-electron chi connectivity index (χ0n) is 12.9. The molecule has 0 aliphatic rings. The normalized spacial score (nSPS) is 13.8. The Kier molecular flexibility index (Phi) is 6.59. The molecule has 1 heterocycles. The molecular weight excluding hydrogens is 296 g/mol. The summed E-state index contributed by atoms with van der Waals surface area (Å²) >= 11 is 0. The average Bonchev–Trinajstić information content (AvgIpc) is 2.81. The smallest absolute Gasteiger partial charge is 0.248 e. The number of rotatable bonds is 9. The molecule has 1 aromatic rings. The number of sulfonamides is 1. The third-order valence-electron chi connectivity index (χ3n) is 3.08. The van der Waals surface area contributed by atoms with Crippen LogP contribution in [0, 0.1) is 0 Å². The zero-order chi connectivity index (χ0) is 16.0. The first-order valence-electron chi connectivity index (χ1n) is 6.71. The van der Waals surface area contributed by atoms with E-state index in [0.717, 1.165) is 0 Å². The van der Waals surface area contributed by atoms with Crippen molar-refractivity contribution in [3.8, 4) is 0 Å². The van der Waals surface area contributed by atoms with Crippen LogP contribution in [-0.4, -0.2) is 62.5 Å². The monoisotopic (exact) mass is 320 g/mol. The van der Waals surface area contributed by atoms with Gasteiger partial charge in [-0.2, -0.15) is 9.40 Å². The van der Waals surface area contributed by atoms with Gasteiger partial charge in [0.15, 0.2) is 5.82 Å². The molecule has 0 fully saturated rings. The highest BCUT2D eigenvalue weighted by Gasteiger charge is 2.32. The third-order valence-corrected chi connectivity index (χ3v) is 5.11. The Bertz CT molecular complexity index is 543. The summed E-state index contributed by atoms with van der Waals surface area (Å²) in [7, 11) is -0.698. The molecule has 0 saturated carbocycles. The maximum absolute atomic E-state index is 12.8. The Hall–Kier alpha value is -1.16. The molecule has 0 radical (unpaired) electrons. The van der Waals surface area contributed by atoms with Gasteiger partial charge in [-0.05, 0) is 13.8 Å². The highest BCUT2D eigenvalue weighted by atomic mass is 32.2. The fourth-order valence-electron chi connectivity index (χ4n) is 1.99. The van der Waals surface area contributed by atoms with E-state index in [4.69, 9.17) is 15.2 Å². The van der Waals surface area contributed by atoms with Gasteiger partial charge in [0, 0.05) is 39.5 Å². The largest absolute Gasteiger partial charge is 0.383 e. The molecule has 1 atom stereocenters. The second kappa shape index (κ2) is 7.74. The third kappa shape index (κ3) is 4.16. The summed E-state index contributed by atoms with van der Waals surface area (Å²) in [6, 6.07) is -0.334. The molecule has 21 heavy (non-hydrogen) atoms. The molecule has 0 amide bonds. The average molecular weight is 320 g/mol. The van der Waals surface area contributed by atoms with Crippen LogP contribution >= 0.6 is 0 Å². The fourth-order valence-corrected chi connectivity index (χ4v) is 3.65. The highest BCUT2D eigenvalue weighted by Crippen LogP contribution is 2.23. The number of nitrogens with zero attached hydrogens (tertiary/aromatic N) is 3. The number of aromatic nitrogens is 2. The first kappa shape index (κ1) is 17.9. The molecule has 0 aromatic carbocycles. The molecule has 0 saturated heterocycles. The van der Waals surface area contributed by atoms with Gasteiger partial charge in [-0.3, -0.25) is 4.68 Å². The van der Waals surface area contributed by atoms with Gasteiger partial charge >= 0.3 is 0 Å². The minimum Gasteiger partial charge on any atom is -0.383 e. The SMILES string of the molecule is CCn1cc(S(=O)(=O)N(CCOC)C(C)COC)c(N)n1. The Morgan fingerprint density at radius 1 is 1.43 bits per heavy atom. The van der Waals surface area contributed by atoms with Crippen LogP contribution in [0.15, 0.2) is 11.1 Å². The van der Waals surface area contributed by atoms with Gasteiger partial charge in [-0.15, -0.1) is 0 Å². The van der Waals surface area contributed by atoms with Crippen LogP contribution in [0.4, 0.5) is 5.82 Å². The lowest BCUT2D eigenvalue weighted by molar-refractivity contribution is 0.119. The van der Waals surface area contributed by atoms with Gasteiger partial charge < -0.3 is 15.2 Å². The number of hydrogen-bond acceptors (Lipinski definition) is 6. The van der Waals surface area contributed by atoms with Crippen molar-refractivity contribution in [1.29, 1.82) is 0 Å². The van der Waals surface area contributed by atoms with Crippen molar-refractivity contribution >= 4 is 15.8 Å². The Balaban J connectivity index is 3.15. The molecule has 0 aliphatic heterocycles. The molecule has 1 aromatic heterocycles. The summed E-state index contributed by atoms with van der Waals surface area (Å²) < 4.78 is 38.4.